The van der Waals surface area contributed by atoms with E-state index in [1.165, 1.54) is 6.07 Å². The van der Waals surface area contributed by atoms with Crippen molar-refractivity contribution < 1.29 is 9.18 Å². The fourth-order valence-corrected chi connectivity index (χ4v) is 3.03. The van der Waals surface area contributed by atoms with Gasteiger partial charge in [0.15, 0.2) is 5.84 Å². The third-order valence-electron chi connectivity index (χ3n) is 3.94. The molecule has 0 atom stereocenters. The highest BCUT2D eigenvalue weighted by molar-refractivity contribution is 6.32. The maximum Gasteiger partial charge on any atom is 0.260 e. The lowest BCUT2D eigenvalue weighted by Crippen LogP contribution is -2.46. The summed E-state index contributed by atoms with van der Waals surface area (Å²) in [6.07, 6.45) is 0. The van der Waals surface area contributed by atoms with Crippen LogP contribution in [-0.4, -0.2) is 30.5 Å². The molecule has 0 radical (unpaired) electrons. The fraction of sp³-hybridized carbons (Fsp3) is 0.118. The van der Waals surface area contributed by atoms with Crippen molar-refractivity contribution >= 4 is 34.7 Å². The lowest BCUT2D eigenvalue weighted by atomic mass is 9.99. The quantitative estimate of drug-likeness (QED) is 0.866. The van der Waals surface area contributed by atoms with Crippen molar-refractivity contribution in [2.75, 3.05) is 18.0 Å². The molecule has 0 bridgehead atoms. The molecular weight excluding hydrogens is 331 g/mol. The first-order valence-electron chi connectivity index (χ1n) is 7.36. The van der Waals surface area contributed by atoms with Crippen molar-refractivity contribution in [3.8, 4) is 0 Å². The Labute approximate surface area is 142 Å². The minimum atomic E-state index is -0.363. The number of amidine groups is 1. The van der Waals surface area contributed by atoms with Crippen molar-refractivity contribution in [2.24, 2.45) is 10.1 Å². The average Bonchev–Trinajstić information content (AvgIpc) is 2.72. The largest absolute Gasteiger partial charge is 0.317 e. The summed E-state index contributed by atoms with van der Waals surface area (Å²) in [6.45, 7) is 0.365. The van der Waals surface area contributed by atoms with Crippen LogP contribution in [0.3, 0.4) is 0 Å². The molecule has 2 aromatic rings. The molecule has 0 saturated heterocycles. The molecule has 24 heavy (non-hydrogen) atoms. The molecule has 0 aromatic heterocycles. The SMILES string of the molecule is O=C1CN2C(=NN1)CN=C(c1ccccc1F)c1cc(Cl)ccc12. The van der Waals surface area contributed by atoms with E-state index in [4.69, 9.17) is 11.6 Å². The van der Waals surface area contributed by atoms with Crippen LogP contribution in [0.25, 0.3) is 0 Å². The first-order chi connectivity index (χ1) is 11.6. The number of nitrogens with one attached hydrogen (secondary N) is 1. The number of hydrazone groups is 1. The number of rotatable bonds is 1. The van der Waals surface area contributed by atoms with E-state index >= 15 is 0 Å². The molecule has 120 valence electrons. The van der Waals surface area contributed by atoms with Gasteiger partial charge in [0.25, 0.3) is 5.91 Å². The van der Waals surface area contributed by atoms with Crippen LogP contribution in [0.5, 0.6) is 0 Å². The van der Waals surface area contributed by atoms with Gasteiger partial charge in [0.2, 0.25) is 0 Å². The average molecular weight is 343 g/mol. The monoisotopic (exact) mass is 342 g/mol. The van der Waals surface area contributed by atoms with E-state index in [0.29, 0.717) is 27.7 Å². The Kier molecular flexibility index (Phi) is 3.54. The number of carbonyl (C=O) groups is 1. The summed E-state index contributed by atoms with van der Waals surface area (Å²) in [7, 11) is 0. The summed E-state index contributed by atoms with van der Waals surface area (Å²) in [5, 5.41) is 4.59. The summed E-state index contributed by atoms with van der Waals surface area (Å²) in [5.41, 5.74) is 4.74. The van der Waals surface area contributed by atoms with Gasteiger partial charge < -0.3 is 4.90 Å². The lowest BCUT2D eigenvalue weighted by molar-refractivity contribution is -0.119. The van der Waals surface area contributed by atoms with Gasteiger partial charge in [-0.1, -0.05) is 23.7 Å². The standard InChI is InChI=1S/C17H12ClFN4O/c18-10-5-6-14-12(7-10)17(11-3-1-2-4-13(11)19)20-8-15-21-22-16(24)9-23(14)15/h1-7H,8-9H2,(H,22,24). The van der Waals surface area contributed by atoms with E-state index in [-0.39, 0.29) is 24.8 Å². The minimum absolute atomic E-state index is 0.132. The van der Waals surface area contributed by atoms with Crippen LogP contribution in [0.15, 0.2) is 52.6 Å². The Balaban J connectivity index is 1.95. The maximum atomic E-state index is 14.3. The van der Waals surface area contributed by atoms with Crippen LogP contribution in [-0.2, 0) is 4.79 Å². The van der Waals surface area contributed by atoms with Crippen molar-refractivity contribution in [3.05, 3.63) is 64.4 Å². The third kappa shape index (κ3) is 2.45. The first-order valence-corrected chi connectivity index (χ1v) is 7.73. The number of amides is 1. The van der Waals surface area contributed by atoms with E-state index in [1.54, 1.807) is 41.3 Å². The summed E-state index contributed by atoms with van der Waals surface area (Å²) < 4.78 is 14.3. The predicted octanol–water partition coefficient (Wildman–Crippen LogP) is 2.58. The van der Waals surface area contributed by atoms with Crippen molar-refractivity contribution in [1.29, 1.82) is 0 Å². The van der Waals surface area contributed by atoms with Crippen molar-refractivity contribution in [3.63, 3.8) is 0 Å². The van der Waals surface area contributed by atoms with E-state index in [0.717, 1.165) is 5.69 Å². The van der Waals surface area contributed by atoms with Crippen LogP contribution >= 0.6 is 11.6 Å². The summed E-state index contributed by atoms with van der Waals surface area (Å²) in [6, 6.07) is 11.7. The van der Waals surface area contributed by atoms with Crippen molar-refractivity contribution in [1.82, 2.24) is 5.43 Å². The number of carbonyl (C=O) groups excluding carboxylic acids is 1. The zero-order valence-corrected chi connectivity index (χ0v) is 13.2. The number of fused-ring (bicyclic) bond motifs is 3. The Morgan fingerprint density at radius 1 is 1.17 bits per heavy atom. The van der Waals surface area contributed by atoms with E-state index in [1.807, 2.05) is 0 Å². The van der Waals surface area contributed by atoms with E-state index in [9.17, 15) is 9.18 Å². The van der Waals surface area contributed by atoms with Gasteiger partial charge in [-0.25, -0.2) is 9.82 Å². The Hall–Kier alpha value is -2.73. The molecule has 0 spiro atoms. The van der Waals surface area contributed by atoms with E-state index in [2.05, 4.69) is 15.5 Å². The van der Waals surface area contributed by atoms with E-state index < -0.39 is 0 Å². The number of aliphatic imine (C=N–C) groups is 1. The van der Waals surface area contributed by atoms with Crippen LogP contribution in [0.1, 0.15) is 11.1 Å². The number of anilines is 1. The number of hydrogen-bond acceptors (Lipinski definition) is 4. The second-order valence-electron chi connectivity index (χ2n) is 5.46. The van der Waals surface area contributed by atoms with Gasteiger partial charge in [-0.05, 0) is 30.3 Å². The molecule has 2 aliphatic rings. The Morgan fingerprint density at radius 2 is 2.00 bits per heavy atom. The lowest BCUT2D eigenvalue weighted by Gasteiger charge is -2.28. The molecule has 0 aliphatic carbocycles. The molecule has 1 N–H and O–H groups in total. The highest BCUT2D eigenvalue weighted by Gasteiger charge is 2.29. The molecule has 7 heteroatoms. The van der Waals surface area contributed by atoms with Gasteiger partial charge in [-0.15, -0.1) is 0 Å². The predicted molar refractivity (Wildman–Crippen MR) is 91.3 cm³/mol. The molecule has 1 amide bonds. The molecule has 2 aromatic carbocycles. The molecule has 4 rings (SSSR count). The molecule has 0 saturated carbocycles. The maximum absolute atomic E-state index is 14.3. The molecule has 5 nitrogen and oxygen atoms in total. The number of halogens is 2. The second kappa shape index (κ2) is 5.72. The van der Waals surface area contributed by atoms with Crippen LogP contribution in [0.4, 0.5) is 10.1 Å². The van der Waals surface area contributed by atoms with Gasteiger partial charge >= 0.3 is 0 Å². The summed E-state index contributed by atoms with van der Waals surface area (Å²) in [4.78, 5) is 18.0. The first kappa shape index (κ1) is 14.8. The topological polar surface area (TPSA) is 57.1 Å². The van der Waals surface area contributed by atoms with Gasteiger partial charge in [-0.3, -0.25) is 9.79 Å². The van der Waals surface area contributed by atoms with Crippen molar-refractivity contribution in [2.45, 2.75) is 0 Å². The van der Waals surface area contributed by atoms with Crippen LogP contribution < -0.4 is 10.3 Å². The number of nitrogens with zero attached hydrogens (tertiary/aromatic N) is 3. The third-order valence-corrected chi connectivity index (χ3v) is 4.17. The van der Waals surface area contributed by atoms with Crippen LogP contribution in [0, 0.1) is 5.82 Å². The molecule has 0 unspecified atom stereocenters. The minimum Gasteiger partial charge on any atom is -0.317 e. The summed E-state index contributed by atoms with van der Waals surface area (Å²) in [5.74, 6) is 0.0247. The zero-order chi connectivity index (χ0) is 16.7. The second-order valence-corrected chi connectivity index (χ2v) is 5.89. The highest BCUT2D eigenvalue weighted by atomic mass is 35.5. The molecular formula is C17H12ClFN4O. The Bertz CT molecular complexity index is 909. The van der Waals surface area contributed by atoms with Gasteiger partial charge in [0, 0.05) is 16.1 Å². The van der Waals surface area contributed by atoms with Gasteiger partial charge in [-0.2, -0.15) is 5.10 Å². The van der Waals surface area contributed by atoms with Gasteiger partial charge in [0.05, 0.1) is 17.9 Å². The Morgan fingerprint density at radius 3 is 2.83 bits per heavy atom. The molecule has 2 heterocycles. The number of hydrogen-bond donors (Lipinski definition) is 1. The molecule has 2 aliphatic heterocycles. The molecule has 0 fully saturated rings. The van der Waals surface area contributed by atoms with Gasteiger partial charge in [0.1, 0.15) is 12.4 Å². The summed E-state index contributed by atoms with van der Waals surface area (Å²) >= 11 is 6.15. The number of benzene rings is 2. The van der Waals surface area contributed by atoms with Crippen LogP contribution in [0.2, 0.25) is 5.02 Å². The highest BCUT2D eigenvalue weighted by Crippen LogP contribution is 2.30. The zero-order valence-electron chi connectivity index (χ0n) is 12.5. The normalized spacial score (nSPS) is 16.4. The smallest absolute Gasteiger partial charge is 0.260 e. The fourth-order valence-electron chi connectivity index (χ4n) is 2.85.